The number of esters is 1. The number of rotatable bonds is 14. The summed E-state index contributed by atoms with van der Waals surface area (Å²) in [5.74, 6) is -2.95. The van der Waals surface area contributed by atoms with E-state index in [-0.39, 0.29) is 30.6 Å². The van der Waals surface area contributed by atoms with Crippen molar-refractivity contribution in [2.45, 2.75) is 123 Å². The fourth-order valence-electron chi connectivity index (χ4n) is 4.89. The first-order chi connectivity index (χ1) is 22.1. The highest BCUT2D eigenvalue weighted by atomic mass is 16.6. The van der Waals surface area contributed by atoms with Gasteiger partial charge in [-0.05, 0) is 91.5 Å². The van der Waals surface area contributed by atoms with Crippen molar-refractivity contribution in [3.8, 4) is 5.75 Å². The molecule has 0 bridgehead atoms. The summed E-state index contributed by atoms with van der Waals surface area (Å²) < 4.78 is 11.1. The molecule has 0 aliphatic carbocycles. The Labute approximate surface area is 283 Å². The Morgan fingerprint density at radius 1 is 0.833 bits per heavy atom. The zero-order chi connectivity index (χ0) is 36.4. The summed E-state index contributed by atoms with van der Waals surface area (Å²) in [5.41, 5.74) is 3.66. The lowest BCUT2D eigenvalue weighted by molar-refractivity contribution is -0.159. The number of hydrogen-bond acceptors (Lipinski definition) is 8. The summed E-state index contributed by atoms with van der Waals surface area (Å²) in [6.45, 7) is 15.5. The van der Waals surface area contributed by atoms with E-state index in [1.54, 1.807) is 61.5 Å². The van der Waals surface area contributed by atoms with Crippen LogP contribution in [0.25, 0.3) is 0 Å². The minimum Gasteiger partial charge on any atom is -0.508 e. The standard InChI is InChI=1S/C36H52N4O8/c1-10-36(8,9)40(31(44)26(19-20-28(37)42)39-33(46)48-35(5,6)7)29(24-17-14-18-25(41)22-24)30(43)38-27(32(45)47-34(2,3)4)21-23-15-12-11-13-16-23/h11-18,22,26-27,29,41H,10,19-21H2,1-9H3,(H2,37,42)(H,38,43)(H,39,46). The number of nitrogens with one attached hydrogen (secondary N) is 2. The fraction of sp³-hybridized carbons (Fsp3) is 0.528. The van der Waals surface area contributed by atoms with Crippen LogP contribution >= 0.6 is 0 Å². The SMILES string of the molecule is CCC(C)(C)N(C(=O)C(CCC(N)=O)NC(=O)OC(C)(C)C)C(C(=O)NC(Cc1ccccc1)C(=O)OC(C)(C)C)c1cccc(O)c1. The minimum atomic E-state index is -1.41. The van der Waals surface area contributed by atoms with Crippen LogP contribution in [0, 0.1) is 0 Å². The molecule has 0 spiro atoms. The van der Waals surface area contributed by atoms with Crippen molar-refractivity contribution in [2.24, 2.45) is 5.73 Å². The molecule has 2 aromatic carbocycles. The molecule has 5 N–H and O–H groups in total. The molecule has 48 heavy (non-hydrogen) atoms. The van der Waals surface area contributed by atoms with Crippen LogP contribution in [-0.4, -0.2) is 68.6 Å². The maximum absolute atomic E-state index is 14.6. The molecule has 0 heterocycles. The van der Waals surface area contributed by atoms with E-state index in [9.17, 15) is 29.1 Å². The van der Waals surface area contributed by atoms with Crippen LogP contribution in [-0.2, 0) is 35.1 Å². The van der Waals surface area contributed by atoms with Gasteiger partial charge >= 0.3 is 12.1 Å². The number of phenolic OH excluding ortho intramolecular Hbond substituents is 1. The van der Waals surface area contributed by atoms with Crippen molar-refractivity contribution in [3.05, 3.63) is 65.7 Å². The van der Waals surface area contributed by atoms with Gasteiger partial charge in [0.2, 0.25) is 17.7 Å². The third-order valence-electron chi connectivity index (χ3n) is 7.41. The zero-order valence-electron chi connectivity index (χ0n) is 29.6. The molecule has 0 aliphatic heterocycles. The summed E-state index contributed by atoms with van der Waals surface area (Å²) in [4.78, 5) is 68.7. The highest BCUT2D eigenvalue weighted by Crippen LogP contribution is 2.34. The average Bonchev–Trinajstić information content (AvgIpc) is 2.95. The second-order valence-electron chi connectivity index (χ2n) is 14.4. The number of phenols is 1. The van der Waals surface area contributed by atoms with Crippen molar-refractivity contribution in [3.63, 3.8) is 0 Å². The maximum atomic E-state index is 14.6. The molecule has 3 atom stereocenters. The summed E-state index contributed by atoms with van der Waals surface area (Å²) in [6, 6.07) is 11.1. The molecule has 2 rings (SSSR count). The number of hydrogen-bond donors (Lipinski definition) is 4. The molecular formula is C36H52N4O8. The van der Waals surface area contributed by atoms with Gasteiger partial charge in [0.1, 0.15) is 35.1 Å². The van der Waals surface area contributed by atoms with Crippen molar-refractivity contribution >= 4 is 29.8 Å². The van der Waals surface area contributed by atoms with Crippen LogP contribution in [0.3, 0.4) is 0 Å². The predicted molar refractivity (Wildman–Crippen MR) is 182 cm³/mol. The average molecular weight is 669 g/mol. The highest BCUT2D eigenvalue weighted by Gasteiger charge is 2.44. The van der Waals surface area contributed by atoms with E-state index in [1.807, 2.05) is 37.3 Å². The Kier molecular flexibility index (Phi) is 13.6. The van der Waals surface area contributed by atoms with E-state index in [2.05, 4.69) is 10.6 Å². The van der Waals surface area contributed by atoms with Gasteiger partial charge in [0.05, 0.1) is 0 Å². The second-order valence-corrected chi connectivity index (χ2v) is 14.4. The van der Waals surface area contributed by atoms with Crippen LogP contribution < -0.4 is 16.4 Å². The molecule has 12 heteroatoms. The van der Waals surface area contributed by atoms with Crippen LogP contribution in [0.5, 0.6) is 5.75 Å². The molecule has 0 aromatic heterocycles. The van der Waals surface area contributed by atoms with Gasteiger partial charge in [-0.25, -0.2) is 9.59 Å². The van der Waals surface area contributed by atoms with Crippen LogP contribution in [0.2, 0.25) is 0 Å². The Bertz CT molecular complexity index is 1430. The van der Waals surface area contributed by atoms with Gasteiger partial charge in [0.25, 0.3) is 0 Å². The number of alkyl carbamates (subject to hydrolysis) is 1. The van der Waals surface area contributed by atoms with E-state index >= 15 is 0 Å². The Morgan fingerprint density at radius 2 is 1.44 bits per heavy atom. The molecule has 264 valence electrons. The summed E-state index contributed by atoms with van der Waals surface area (Å²) in [7, 11) is 0. The van der Waals surface area contributed by atoms with Gasteiger partial charge in [-0.3, -0.25) is 14.4 Å². The number of primary amides is 1. The lowest BCUT2D eigenvalue weighted by Gasteiger charge is -2.45. The van der Waals surface area contributed by atoms with Gasteiger partial charge in [0, 0.05) is 18.4 Å². The molecule has 2 aromatic rings. The highest BCUT2D eigenvalue weighted by molar-refractivity contribution is 5.94. The number of ether oxygens (including phenoxy) is 2. The largest absolute Gasteiger partial charge is 0.508 e. The Hall–Kier alpha value is -4.61. The quantitative estimate of drug-likeness (QED) is 0.210. The lowest BCUT2D eigenvalue weighted by atomic mass is 9.91. The molecule has 0 saturated carbocycles. The van der Waals surface area contributed by atoms with E-state index in [0.717, 1.165) is 5.56 Å². The van der Waals surface area contributed by atoms with Gasteiger partial charge in [-0.15, -0.1) is 0 Å². The number of aromatic hydroxyl groups is 1. The summed E-state index contributed by atoms with van der Waals surface area (Å²) in [6.07, 6.45) is -0.859. The Morgan fingerprint density at radius 3 is 1.96 bits per heavy atom. The number of amides is 4. The first-order valence-corrected chi connectivity index (χ1v) is 16.1. The molecule has 0 saturated heterocycles. The molecule has 0 aliphatic rings. The first-order valence-electron chi connectivity index (χ1n) is 16.1. The van der Waals surface area contributed by atoms with Crippen molar-refractivity contribution < 1.29 is 38.6 Å². The predicted octanol–water partition coefficient (Wildman–Crippen LogP) is 4.68. The first kappa shape index (κ1) is 39.6. The molecule has 4 amide bonds. The summed E-state index contributed by atoms with van der Waals surface area (Å²) in [5, 5.41) is 15.9. The smallest absolute Gasteiger partial charge is 0.408 e. The minimum absolute atomic E-state index is 0.0980. The fourth-order valence-corrected chi connectivity index (χ4v) is 4.89. The van der Waals surface area contributed by atoms with Gasteiger partial charge < -0.3 is 35.8 Å². The van der Waals surface area contributed by atoms with E-state index in [1.165, 1.54) is 23.1 Å². The number of carbonyl (C=O) groups excluding carboxylic acids is 5. The molecule has 12 nitrogen and oxygen atoms in total. The zero-order valence-corrected chi connectivity index (χ0v) is 29.6. The lowest BCUT2D eigenvalue weighted by Crippen LogP contribution is -2.60. The van der Waals surface area contributed by atoms with Crippen LogP contribution in [0.4, 0.5) is 4.79 Å². The number of carbonyl (C=O) groups is 5. The van der Waals surface area contributed by atoms with Gasteiger partial charge in [-0.1, -0.05) is 49.4 Å². The van der Waals surface area contributed by atoms with E-state index in [4.69, 9.17) is 15.2 Å². The van der Waals surface area contributed by atoms with E-state index < -0.39 is 64.7 Å². The van der Waals surface area contributed by atoms with Crippen LogP contribution in [0.15, 0.2) is 54.6 Å². The third kappa shape index (κ3) is 12.5. The summed E-state index contributed by atoms with van der Waals surface area (Å²) >= 11 is 0. The second kappa shape index (κ2) is 16.5. The van der Waals surface area contributed by atoms with Crippen LogP contribution in [0.1, 0.15) is 98.7 Å². The molecule has 0 radical (unpaired) electrons. The van der Waals surface area contributed by atoms with E-state index in [0.29, 0.717) is 6.42 Å². The normalized spacial score (nSPS) is 13.8. The molecule has 0 fully saturated rings. The number of nitrogens with zero attached hydrogens (tertiary/aromatic N) is 1. The maximum Gasteiger partial charge on any atom is 0.408 e. The Balaban J connectivity index is 2.71. The number of benzene rings is 2. The monoisotopic (exact) mass is 668 g/mol. The van der Waals surface area contributed by atoms with Crippen molar-refractivity contribution in [1.29, 1.82) is 0 Å². The van der Waals surface area contributed by atoms with Gasteiger partial charge in [0.15, 0.2) is 0 Å². The van der Waals surface area contributed by atoms with Crippen molar-refractivity contribution in [1.82, 2.24) is 15.5 Å². The molecule has 3 unspecified atom stereocenters. The molecular weight excluding hydrogens is 616 g/mol. The van der Waals surface area contributed by atoms with Crippen molar-refractivity contribution in [2.75, 3.05) is 0 Å². The number of nitrogens with two attached hydrogens (primary N) is 1. The third-order valence-corrected chi connectivity index (χ3v) is 7.41. The topological polar surface area (TPSA) is 177 Å². The van der Waals surface area contributed by atoms with Gasteiger partial charge in [-0.2, -0.15) is 0 Å².